The van der Waals surface area contributed by atoms with Crippen molar-refractivity contribution in [3.8, 4) is 5.75 Å². The van der Waals surface area contributed by atoms with Crippen LogP contribution in [0.4, 0.5) is 21.6 Å². The molecule has 3 rings (SSSR count). The molecule has 0 aliphatic heterocycles. The molecule has 0 aliphatic carbocycles. The van der Waals surface area contributed by atoms with Crippen LogP contribution in [-0.4, -0.2) is 11.6 Å². The number of fused-ring (bicyclic) bond motifs is 1. The van der Waals surface area contributed by atoms with Crippen LogP contribution in [0.25, 0.3) is 10.8 Å². The lowest BCUT2D eigenvalue weighted by Gasteiger charge is -2.12. The van der Waals surface area contributed by atoms with Crippen molar-refractivity contribution in [3.05, 3.63) is 54.0 Å². The summed E-state index contributed by atoms with van der Waals surface area (Å²) in [6.45, 7) is 4.31. The van der Waals surface area contributed by atoms with Crippen molar-refractivity contribution < 1.29 is 9.13 Å². The molecular weight excluding hydrogens is 293 g/mol. The highest BCUT2D eigenvalue weighted by atomic mass is 19.1. The largest absolute Gasteiger partial charge is 0.494 e. The van der Waals surface area contributed by atoms with Gasteiger partial charge in [-0.1, -0.05) is 12.1 Å². The SMILES string of the molecule is CCOc1ccc(Nc2nccc3c(N)c(C)ccc23)c(F)c1. The van der Waals surface area contributed by atoms with Crippen LogP contribution in [0.3, 0.4) is 0 Å². The third-order valence-corrected chi connectivity index (χ3v) is 3.71. The number of pyridine rings is 1. The number of ether oxygens (including phenoxy) is 1. The average Bonchev–Trinajstić information content (AvgIpc) is 2.54. The lowest BCUT2D eigenvalue weighted by Crippen LogP contribution is -2.00. The number of halogens is 1. The van der Waals surface area contributed by atoms with Crippen molar-refractivity contribution in [2.24, 2.45) is 0 Å². The van der Waals surface area contributed by atoms with Gasteiger partial charge in [-0.25, -0.2) is 9.37 Å². The van der Waals surface area contributed by atoms with Gasteiger partial charge in [0.25, 0.3) is 0 Å². The first-order valence-electron chi connectivity index (χ1n) is 7.43. The molecule has 1 aromatic heterocycles. The molecule has 0 bridgehead atoms. The topological polar surface area (TPSA) is 60.2 Å². The number of nitrogens with zero attached hydrogens (tertiary/aromatic N) is 1. The van der Waals surface area contributed by atoms with Gasteiger partial charge in [0, 0.05) is 28.7 Å². The molecule has 0 radical (unpaired) electrons. The Kier molecular flexibility index (Phi) is 4.02. The second kappa shape index (κ2) is 6.12. The van der Waals surface area contributed by atoms with Crippen molar-refractivity contribution in [2.75, 3.05) is 17.7 Å². The Morgan fingerprint density at radius 3 is 2.74 bits per heavy atom. The summed E-state index contributed by atoms with van der Waals surface area (Å²) in [5.41, 5.74) is 8.17. The summed E-state index contributed by atoms with van der Waals surface area (Å²) in [6, 6.07) is 10.4. The normalized spacial score (nSPS) is 10.7. The van der Waals surface area contributed by atoms with Crippen LogP contribution in [0.2, 0.25) is 0 Å². The van der Waals surface area contributed by atoms with Gasteiger partial charge in [-0.2, -0.15) is 0 Å². The smallest absolute Gasteiger partial charge is 0.150 e. The fourth-order valence-electron chi connectivity index (χ4n) is 2.47. The highest BCUT2D eigenvalue weighted by molar-refractivity contribution is 6.01. The summed E-state index contributed by atoms with van der Waals surface area (Å²) in [4.78, 5) is 4.31. The fraction of sp³-hybridized carbons (Fsp3) is 0.167. The Bertz CT molecular complexity index is 864. The molecule has 0 amide bonds. The summed E-state index contributed by atoms with van der Waals surface area (Å²) in [5, 5.41) is 4.78. The third kappa shape index (κ3) is 2.90. The van der Waals surface area contributed by atoms with Crippen LogP contribution >= 0.6 is 0 Å². The van der Waals surface area contributed by atoms with Gasteiger partial charge in [-0.05, 0) is 37.6 Å². The number of rotatable bonds is 4. The lowest BCUT2D eigenvalue weighted by atomic mass is 10.1. The second-order valence-electron chi connectivity index (χ2n) is 5.25. The highest BCUT2D eigenvalue weighted by Crippen LogP contribution is 2.31. The second-order valence-corrected chi connectivity index (χ2v) is 5.25. The number of aryl methyl sites for hydroxylation is 1. The van der Waals surface area contributed by atoms with Gasteiger partial charge in [0.1, 0.15) is 17.4 Å². The number of benzene rings is 2. The van der Waals surface area contributed by atoms with Crippen molar-refractivity contribution in [1.29, 1.82) is 0 Å². The molecule has 0 fully saturated rings. The van der Waals surface area contributed by atoms with Gasteiger partial charge in [0.2, 0.25) is 0 Å². The molecule has 5 heteroatoms. The predicted molar refractivity (Wildman–Crippen MR) is 91.7 cm³/mol. The van der Waals surface area contributed by atoms with Gasteiger partial charge in [-0.3, -0.25) is 0 Å². The lowest BCUT2D eigenvalue weighted by molar-refractivity contribution is 0.338. The molecule has 4 nitrogen and oxygen atoms in total. The van der Waals surface area contributed by atoms with E-state index in [1.54, 1.807) is 18.3 Å². The van der Waals surface area contributed by atoms with E-state index in [1.807, 2.05) is 32.0 Å². The number of aromatic nitrogens is 1. The Labute approximate surface area is 134 Å². The summed E-state index contributed by atoms with van der Waals surface area (Å²) in [5.74, 6) is 0.674. The van der Waals surface area contributed by atoms with E-state index < -0.39 is 5.82 Å². The Hall–Kier alpha value is -2.82. The summed E-state index contributed by atoms with van der Waals surface area (Å²) >= 11 is 0. The fourth-order valence-corrected chi connectivity index (χ4v) is 2.47. The molecule has 1 heterocycles. The monoisotopic (exact) mass is 311 g/mol. The van der Waals surface area contributed by atoms with Crippen LogP contribution in [-0.2, 0) is 0 Å². The number of nitrogens with two attached hydrogens (primary N) is 1. The summed E-state index contributed by atoms with van der Waals surface area (Å²) in [7, 11) is 0. The maximum atomic E-state index is 14.2. The maximum Gasteiger partial charge on any atom is 0.150 e. The number of hydrogen-bond donors (Lipinski definition) is 2. The van der Waals surface area contributed by atoms with Crippen LogP contribution in [0.5, 0.6) is 5.75 Å². The van der Waals surface area contributed by atoms with E-state index in [1.165, 1.54) is 6.07 Å². The minimum atomic E-state index is -0.394. The van der Waals surface area contributed by atoms with Crippen molar-refractivity contribution >= 4 is 28.0 Å². The van der Waals surface area contributed by atoms with E-state index in [0.29, 0.717) is 29.5 Å². The number of nitrogens with one attached hydrogen (secondary N) is 1. The minimum absolute atomic E-state index is 0.340. The quantitative estimate of drug-likeness (QED) is 0.701. The van der Waals surface area contributed by atoms with Gasteiger partial charge in [-0.15, -0.1) is 0 Å². The number of nitrogen functional groups attached to an aromatic ring is 1. The Balaban J connectivity index is 2.00. The van der Waals surface area contributed by atoms with E-state index in [-0.39, 0.29) is 0 Å². The molecule has 118 valence electrons. The standard InChI is InChI=1S/C18H18FN3O/c1-3-23-12-5-7-16(15(19)10-12)22-18-14-6-4-11(2)17(20)13(14)8-9-21-18/h4-10H,3,20H2,1-2H3,(H,21,22). The van der Waals surface area contributed by atoms with E-state index in [0.717, 1.165) is 16.3 Å². The molecule has 23 heavy (non-hydrogen) atoms. The molecule has 3 aromatic rings. The third-order valence-electron chi connectivity index (χ3n) is 3.71. The van der Waals surface area contributed by atoms with Crippen LogP contribution in [0.1, 0.15) is 12.5 Å². The first-order chi connectivity index (χ1) is 11.1. The molecule has 0 saturated carbocycles. The van der Waals surface area contributed by atoms with Crippen LogP contribution < -0.4 is 15.8 Å². The zero-order chi connectivity index (χ0) is 16.4. The molecule has 2 aromatic carbocycles. The molecule has 0 spiro atoms. The van der Waals surface area contributed by atoms with Crippen molar-refractivity contribution in [3.63, 3.8) is 0 Å². The van der Waals surface area contributed by atoms with E-state index >= 15 is 0 Å². The van der Waals surface area contributed by atoms with Crippen LogP contribution in [0.15, 0.2) is 42.6 Å². The molecule has 0 unspecified atom stereocenters. The van der Waals surface area contributed by atoms with Crippen LogP contribution in [0, 0.1) is 12.7 Å². The van der Waals surface area contributed by atoms with E-state index in [4.69, 9.17) is 10.5 Å². The Morgan fingerprint density at radius 1 is 1.17 bits per heavy atom. The molecule has 0 saturated heterocycles. The molecule has 0 atom stereocenters. The van der Waals surface area contributed by atoms with Gasteiger partial charge < -0.3 is 15.8 Å². The first-order valence-corrected chi connectivity index (χ1v) is 7.43. The van der Waals surface area contributed by atoms with Gasteiger partial charge in [0.15, 0.2) is 0 Å². The van der Waals surface area contributed by atoms with E-state index in [9.17, 15) is 4.39 Å². The highest BCUT2D eigenvalue weighted by Gasteiger charge is 2.10. The van der Waals surface area contributed by atoms with E-state index in [2.05, 4.69) is 10.3 Å². The van der Waals surface area contributed by atoms with Gasteiger partial charge >= 0.3 is 0 Å². The molecular formula is C18H18FN3O. The maximum absolute atomic E-state index is 14.2. The zero-order valence-electron chi connectivity index (χ0n) is 13.1. The average molecular weight is 311 g/mol. The summed E-state index contributed by atoms with van der Waals surface area (Å²) in [6.07, 6.45) is 1.66. The van der Waals surface area contributed by atoms with Gasteiger partial charge in [0.05, 0.1) is 12.3 Å². The minimum Gasteiger partial charge on any atom is -0.494 e. The van der Waals surface area contributed by atoms with Crippen molar-refractivity contribution in [1.82, 2.24) is 4.98 Å². The molecule has 0 aliphatic rings. The Morgan fingerprint density at radius 2 is 2.00 bits per heavy atom. The summed E-state index contributed by atoms with van der Waals surface area (Å²) < 4.78 is 19.5. The number of anilines is 3. The molecule has 3 N–H and O–H groups in total. The predicted octanol–water partition coefficient (Wildman–Crippen LogP) is 4.41. The number of hydrogen-bond acceptors (Lipinski definition) is 4. The first kappa shape index (κ1) is 15.1. The van der Waals surface area contributed by atoms with Crippen molar-refractivity contribution in [2.45, 2.75) is 13.8 Å². The zero-order valence-corrected chi connectivity index (χ0v) is 13.1.